The molecule has 20 heavy (non-hydrogen) atoms. The van der Waals surface area contributed by atoms with Crippen LogP contribution < -0.4 is 0 Å². The highest BCUT2D eigenvalue weighted by Gasteiger charge is 2.17. The van der Waals surface area contributed by atoms with Gasteiger partial charge in [-0.25, -0.2) is 0 Å². The number of hydrogen-bond acceptors (Lipinski definition) is 2. The zero-order valence-electron chi connectivity index (χ0n) is 11.3. The molecule has 0 aliphatic heterocycles. The van der Waals surface area contributed by atoms with Crippen molar-refractivity contribution in [3.05, 3.63) is 65.7 Å². The second-order valence-corrected chi connectivity index (χ2v) is 5.34. The fourth-order valence-corrected chi connectivity index (χ4v) is 2.85. The minimum absolute atomic E-state index is 0.320. The molecule has 102 valence electrons. The number of benzene rings is 2. The van der Waals surface area contributed by atoms with Gasteiger partial charge in [0.15, 0.2) is 0 Å². The molecule has 2 aromatic carbocycles. The lowest BCUT2D eigenvalue weighted by Crippen LogP contribution is -2.03. The van der Waals surface area contributed by atoms with E-state index in [2.05, 4.69) is 6.08 Å². The first-order valence-electron chi connectivity index (χ1n) is 7.00. The Bertz CT molecular complexity index is 626. The third-order valence-corrected chi connectivity index (χ3v) is 3.99. The fourth-order valence-electron chi connectivity index (χ4n) is 2.85. The summed E-state index contributed by atoms with van der Waals surface area (Å²) in [6.45, 7) is 0. The standard InChI is InChI=1S/C18H18O2/c19-17-10-8-14(9-11-17)13-4-6-15(7-5-13)16-2-1-3-18(20)12-16/h1-3,6,8-13,19-20H,4-5,7H2. The van der Waals surface area contributed by atoms with Crippen LogP contribution in [-0.2, 0) is 0 Å². The van der Waals surface area contributed by atoms with Gasteiger partial charge in [0.2, 0.25) is 0 Å². The highest BCUT2D eigenvalue weighted by atomic mass is 16.3. The number of aromatic hydroxyl groups is 2. The van der Waals surface area contributed by atoms with Gasteiger partial charge in [0.1, 0.15) is 11.5 Å². The molecule has 1 unspecified atom stereocenters. The van der Waals surface area contributed by atoms with Crippen LogP contribution in [0.5, 0.6) is 11.5 Å². The molecule has 1 aliphatic rings. The van der Waals surface area contributed by atoms with Crippen molar-refractivity contribution in [2.45, 2.75) is 25.2 Å². The van der Waals surface area contributed by atoms with E-state index in [9.17, 15) is 10.2 Å². The minimum atomic E-state index is 0.320. The molecule has 2 N–H and O–H groups in total. The number of phenolic OH excluding ortho intramolecular Hbond substituents is 2. The Labute approximate surface area is 119 Å². The summed E-state index contributed by atoms with van der Waals surface area (Å²) < 4.78 is 0. The summed E-state index contributed by atoms with van der Waals surface area (Å²) in [5.74, 6) is 1.17. The summed E-state index contributed by atoms with van der Waals surface area (Å²) in [6.07, 6.45) is 5.41. The van der Waals surface area contributed by atoms with Gasteiger partial charge in [-0.15, -0.1) is 0 Å². The lowest BCUT2D eigenvalue weighted by atomic mass is 9.83. The third kappa shape index (κ3) is 2.69. The average molecular weight is 266 g/mol. The largest absolute Gasteiger partial charge is 0.508 e. The van der Waals surface area contributed by atoms with Crippen LogP contribution in [0.25, 0.3) is 5.57 Å². The minimum Gasteiger partial charge on any atom is -0.508 e. The summed E-state index contributed by atoms with van der Waals surface area (Å²) in [5.41, 5.74) is 3.72. The average Bonchev–Trinajstić information content (AvgIpc) is 2.48. The van der Waals surface area contributed by atoms with E-state index >= 15 is 0 Å². The van der Waals surface area contributed by atoms with E-state index in [4.69, 9.17) is 0 Å². The molecule has 0 aromatic heterocycles. The van der Waals surface area contributed by atoms with Crippen molar-refractivity contribution >= 4 is 5.57 Å². The molecule has 0 amide bonds. The lowest BCUT2D eigenvalue weighted by molar-refractivity contribution is 0.474. The quantitative estimate of drug-likeness (QED) is 0.843. The van der Waals surface area contributed by atoms with Crippen molar-refractivity contribution in [2.24, 2.45) is 0 Å². The van der Waals surface area contributed by atoms with Gasteiger partial charge in [0.25, 0.3) is 0 Å². The maximum absolute atomic E-state index is 9.55. The smallest absolute Gasteiger partial charge is 0.116 e. The first kappa shape index (κ1) is 12.8. The molecule has 0 radical (unpaired) electrons. The zero-order valence-corrected chi connectivity index (χ0v) is 11.3. The van der Waals surface area contributed by atoms with E-state index in [0.717, 1.165) is 24.8 Å². The predicted octanol–water partition coefficient (Wildman–Crippen LogP) is 4.45. The Hall–Kier alpha value is -2.22. The van der Waals surface area contributed by atoms with Gasteiger partial charge < -0.3 is 10.2 Å². The maximum Gasteiger partial charge on any atom is 0.116 e. The number of phenols is 2. The Morgan fingerprint density at radius 3 is 2.35 bits per heavy atom. The molecule has 0 saturated carbocycles. The van der Waals surface area contributed by atoms with Crippen LogP contribution in [0.3, 0.4) is 0 Å². The van der Waals surface area contributed by atoms with Crippen molar-refractivity contribution in [1.82, 2.24) is 0 Å². The van der Waals surface area contributed by atoms with E-state index in [1.807, 2.05) is 30.3 Å². The molecule has 2 heteroatoms. The van der Waals surface area contributed by atoms with E-state index in [1.54, 1.807) is 18.2 Å². The number of rotatable bonds is 2. The van der Waals surface area contributed by atoms with Crippen molar-refractivity contribution in [1.29, 1.82) is 0 Å². The summed E-state index contributed by atoms with van der Waals surface area (Å²) in [4.78, 5) is 0. The van der Waals surface area contributed by atoms with Gasteiger partial charge in [-0.05, 0) is 66.1 Å². The van der Waals surface area contributed by atoms with Crippen molar-refractivity contribution in [2.75, 3.05) is 0 Å². The number of hydrogen-bond donors (Lipinski definition) is 2. The highest BCUT2D eigenvalue weighted by molar-refractivity contribution is 5.67. The lowest BCUT2D eigenvalue weighted by Gasteiger charge is -2.22. The molecule has 0 saturated heterocycles. The van der Waals surface area contributed by atoms with E-state index < -0.39 is 0 Å². The summed E-state index contributed by atoms with van der Waals surface area (Å²) in [7, 11) is 0. The second-order valence-electron chi connectivity index (χ2n) is 5.34. The van der Waals surface area contributed by atoms with Crippen LogP contribution in [0.1, 0.15) is 36.3 Å². The molecular formula is C18H18O2. The number of allylic oxidation sites excluding steroid dienone is 2. The third-order valence-electron chi connectivity index (χ3n) is 3.99. The van der Waals surface area contributed by atoms with Crippen LogP contribution in [0.15, 0.2) is 54.6 Å². The molecule has 0 fully saturated rings. The molecule has 1 aliphatic carbocycles. The zero-order chi connectivity index (χ0) is 13.9. The van der Waals surface area contributed by atoms with Gasteiger partial charge in [-0.3, -0.25) is 0 Å². The Morgan fingerprint density at radius 2 is 1.70 bits per heavy atom. The van der Waals surface area contributed by atoms with Gasteiger partial charge in [0, 0.05) is 0 Å². The molecule has 1 atom stereocenters. The Morgan fingerprint density at radius 1 is 0.900 bits per heavy atom. The topological polar surface area (TPSA) is 40.5 Å². The van der Waals surface area contributed by atoms with Gasteiger partial charge >= 0.3 is 0 Å². The first-order valence-corrected chi connectivity index (χ1v) is 7.00. The SMILES string of the molecule is Oc1ccc(C2CC=C(c3cccc(O)c3)CC2)cc1. The fraction of sp³-hybridized carbons (Fsp3) is 0.222. The highest BCUT2D eigenvalue weighted by Crippen LogP contribution is 2.36. The monoisotopic (exact) mass is 266 g/mol. The second kappa shape index (κ2) is 5.41. The molecule has 2 aromatic rings. The van der Waals surface area contributed by atoms with E-state index in [-0.39, 0.29) is 0 Å². The maximum atomic E-state index is 9.55. The normalized spacial score (nSPS) is 18.6. The van der Waals surface area contributed by atoms with E-state index in [0.29, 0.717) is 17.4 Å². The molecule has 0 bridgehead atoms. The van der Waals surface area contributed by atoms with Gasteiger partial charge in [-0.2, -0.15) is 0 Å². The van der Waals surface area contributed by atoms with Crippen LogP contribution in [-0.4, -0.2) is 10.2 Å². The summed E-state index contributed by atoms with van der Waals surface area (Å²) in [5, 5.41) is 18.9. The van der Waals surface area contributed by atoms with E-state index in [1.165, 1.54) is 11.1 Å². The van der Waals surface area contributed by atoms with Crippen LogP contribution >= 0.6 is 0 Å². The van der Waals surface area contributed by atoms with Gasteiger partial charge in [-0.1, -0.05) is 30.3 Å². The molecule has 3 rings (SSSR count). The molecule has 0 heterocycles. The van der Waals surface area contributed by atoms with Crippen LogP contribution in [0.4, 0.5) is 0 Å². The van der Waals surface area contributed by atoms with Crippen LogP contribution in [0, 0.1) is 0 Å². The Kier molecular flexibility index (Phi) is 3.46. The van der Waals surface area contributed by atoms with Crippen molar-refractivity contribution in [3.63, 3.8) is 0 Å². The summed E-state index contributed by atoms with van der Waals surface area (Å²) >= 11 is 0. The Balaban J connectivity index is 1.76. The summed E-state index contributed by atoms with van der Waals surface area (Å²) in [6, 6.07) is 15.0. The van der Waals surface area contributed by atoms with Crippen LogP contribution in [0.2, 0.25) is 0 Å². The molecule has 0 spiro atoms. The van der Waals surface area contributed by atoms with Gasteiger partial charge in [0.05, 0.1) is 0 Å². The first-order chi connectivity index (χ1) is 9.72. The molecule has 2 nitrogen and oxygen atoms in total. The molecular weight excluding hydrogens is 248 g/mol. The van der Waals surface area contributed by atoms with Crippen molar-refractivity contribution < 1.29 is 10.2 Å². The predicted molar refractivity (Wildman–Crippen MR) is 80.8 cm³/mol. The van der Waals surface area contributed by atoms with Crippen molar-refractivity contribution in [3.8, 4) is 11.5 Å².